The monoisotopic (exact) mass is 323 g/mol. The molecule has 2 rings (SSSR count). The summed E-state index contributed by atoms with van der Waals surface area (Å²) < 4.78 is 44.8. The van der Waals surface area contributed by atoms with Crippen LogP contribution in [0.25, 0.3) is 0 Å². The molecule has 1 aromatic rings. The van der Waals surface area contributed by atoms with Crippen LogP contribution in [0.2, 0.25) is 0 Å². The summed E-state index contributed by atoms with van der Waals surface area (Å²) in [6.45, 7) is 0.171. The Morgan fingerprint density at radius 1 is 1.44 bits per heavy atom. The van der Waals surface area contributed by atoms with E-state index in [1.165, 1.54) is 6.07 Å². The van der Waals surface area contributed by atoms with Gasteiger partial charge >= 0.3 is 0 Å². The molecule has 1 aliphatic carbocycles. The second-order valence-electron chi connectivity index (χ2n) is 4.58. The maximum absolute atomic E-state index is 13.0. The Morgan fingerprint density at radius 3 is 2.72 bits per heavy atom. The lowest BCUT2D eigenvalue weighted by molar-refractivity contribution is 0.00292. The molecule has 0 aromatic heterocycles. The first-order valence-electron chi connectivity index (χ1n) is 5.62. The molecule has 0 bridgehead atoms. The largest absolute Gasteiger partial charge is 0.490 e. The highest BCUT2D eigenvalue weighted by atomic mass is 79.9. The number of nitrogens with two attached hydrogens (primary N) is 1. The molecule has 0 heterocycles. The highest BCUT2D eigenvalue weighted by Crippen LogP contribution is 2.40. The molecule has 0 aliphatic heterocycles. The number of hydrogen-bond acceptors (Lipinski definition) is 2. The molecular weight excluding hydrogens is 311 g/mol. The summed E-state index contributed by atoms with van der Waals surface area (Å²) in [6, 6.07) is 2.37. The molecule has 2 N–H and O–H groups in total. The first-order chi connectivity index (χ1) is 8.37. The van der Waals surface area contributed by atoms with E-state index in [1.54, 1.807) is 0 Å². The van der Waals surface area contributed by atoms with E-state index in [4.69, 9.17) is 10.5 Å². The lowest BCUT2D eigenvalue weighted by Gasteiger charge is -2.15. The topological polar surface area (TPSA) is 35.2 Å². The highest BCUT2D eigenvalue weighted by Gasteiger charge is 2.39. The average Bonchev–Trinajstić information content (AvgIpc) is 2.56. The van der Waals surface area contributed by atoms with Crippen molar-refractivity contribution in [2.45, 2.75) is 25.2 Å². The van der Waals surface area contributed by atoms with Crippen molar-refractivity contribution in [3.05, 3.63) is 22.4 Å². The molecule has 1 aliphatic rings. The number of alkyl halides is 2. The quantitative estimate of drug-likeness (QED) is 0.854. The molecular formula is C12H13BrF3NO. The van der Waals surface area contributed by atoms with Gasteiger partial charge in [-0.3, -0.25) is 0 Å². The van der Waals surface area contributed by atoms with E-state index in [1.807, 2.05) is 0 Å². The van der Waals surface area contributed by atoms with Gasteiger partial charge in [0.1, 0.15) is 5.82 Å². The minimum atomic E-state index is -2.58. The molecule has 1 fully saturated rings. The van der Waals surface area contributed by atoms with E-state index >= 15 is 0 Å². The molecule has 18 heavy (non-hydrogen) atoms. The van der Waals surface area contributed by atoms with Crippen LogP contribution in [0.1, 0.15) is 19.3 Å². The Balaban J connectivity index is 1.99. The van der Waals surface area contributed by atoms with Gasteiger partial charge in [0.25, 0.3) is 0 Å². The molecule has 0 radical (unpaired) electrons. The minimum absolute atomic E-state index is 0.0961. The van der Waals surface area contributed by atoms with Gasteiger partial charge in [-0.2, -0.15) is 0 Å². The summed E-state index contributed by atoms with van der Waals surface area (Å²) in [7, 11) is 0. The smallest absolute Gasteiger partial charge is 0.248 e. The molecule has 1 aromatic carbocycles. The van der Waals surface area contributed by atoms with Crippen LogP contribution in [-0.2, 0) is 0 Å². The third-order valence-electron chi connectivity index (χ3n) is 3.01. The van der Waals surface area contributed by atoms with Crippen molar-refractivity contribution in [1.82, 2.24) is 0 Å². The van der Waals surface area contributed by atoms with E-state index in [0.29, 0.717) is 16.6 Å². The predicted octanol–water partition coefficient (Wildman–Crippen LogP) is 3.98. The van der Waals surface area contributed by atoms with Crippen molar-refractivity contribution in [3.8, 4) is 5.75 Å². The summed E-state index contributed by atoms with van der Waals surface area (Å²) >= 11 is 3.14. The van der Waals surface area contributed by atoms with E-state index < -0.39 is 11.7 Å². The third kappa shape index (κ3) is 3.10. The summed E-state index contributed by atoms with van der Waals surface area (Å²) in [5.41, 5.74) is 5.78. The zero-order valence-electron chi connectivity index (χ0n) is 9.56. The molecule has 2 nitrogen and oxygen atoms in total. The summed E-state index contributed by atoms with van der Waals surface area (Å²) in [5.74, 6) is -2.93. The zero-order valence-corrected chi connectivity index (χ0v) is 11.1. The van der Waals surface area contributed by atoms with Crippen molar-refractivity contribution in [2.75, 3.05) is 12.3 Å². The fraction of sp³-hybridized carbons (Fsp3) is 0.500. The lowest BCUT2D eigenvalue weighted by atomic mass is 10.1. The molecule has 1 saturated carbocycles. The SMILES string of the molecule is Nc1cc(F)cc(Br)c1OCC1CCC(F)(F)C1. The van der Waals surface area contributed by atoms with Crippen molar-refractivity contribution < 1.29 is 17.9 Å². The van der Waals surface area contributed by atoms with Crippen LogP contribution in [0, 0.1) is 11.7 Å². The van der Waals surface area contributed by atoms with E-state index in [0.717, 1.165) is 6.07 Å². The van der Waals surface area contributed by atoms with Crippen LogP contribution in [-0.4, -0.2) is 12.5 Å². The Kier molecular flexibility index (Phi) is 3.75. The van der Waals surface area contributed by atoms with Crippen molar-refractivity contribution in [2.24, 2.45) is 5.92 Å². The third-order valence-corrected chi connectivity index (χ3v) is 3.60. The van der Waals surface area contributed by atoms with Crippen LogP contribution in [0.3, 0.4) is 0 Å². The Bertz CT molecular complexity index is 430. The zero-order chi connectivity index (χ0) is 13.3. The van der Waals surface area contributed by atoms with Crippen LogP contribution in [0.15, 0.2) is 16.6 Å². The lowest BCUT2D eigenvalue weighted by Crippen LogP contribution is -2.14. The Hall–Kier alpha value is -0.910. The van der Waals surface area contributed by atoms with E-state index in [2.05, 4.69) is 15.9 Å². The predicted molar refractivity (Wildman–Crippen MR) is 66.3 cm³/mol. The highest BCUT2D eigenvalue weighted by molar-refractivity contribution is 9.10. The van der Waals surface area contributed by atoms with Crippen LogP contribution in [0.4, 0.5) is 18.9 Å². The number of ether oxygens (including phenoxy) is 1. The normalized spacial score (nSPS) is 22.1. The van der Waals surface area contributed by atoms with Gasteiger partial charge in [0, 0.05) is 18.9 Å². The number of anilines is 1. The van der Waals surface area contributed by atoms with Gasteiger partial charge in [-0.15, -0.1) is 0 Å². The average molecular weight is 324 g/mol. The fourth-order valence-corrected chi connectivity index (χ4v) is 2.68. The van der Waals surface area contributed by atoms with Gasteiger partial charge in [-0.25, -0.2) is 13.2 Å². The van der Waals surface area contributed by atoms with Gasteiger partial charge in [-0.1, -0.05) is 0 Å². The molecule has 100 valence electrons. The second kappa shape index (κ2) is 4.99. The second-order valence-corrected chi connectivity index (χ2v) is 5.44. The first-order valence-corrected chi connectivity index (χ1v) is 6.42. The van der Waals surface area contributed by atoms with Crippen LogP contribution < -0.4 is 10.5 Å². The molecule has 6 heteroatoms. The first kappa shape index (κ1) is 13.5. The summed E-state index contributed by atoms with van der Waals surface area (Å²) in [5, 5.41) is 0. The fourth-order valence-electron chi connectivity index (χ4n) is 2.12. The number of nitrogen functional groups attached to an aromatic ring is 1. The van der Waals surface area contributed by atoms with Gasteiger partial charge in [0.15, 0.2) is 5.75 Å². The molecule has 1 unspecified atom stereocenters. The number of benzene rings is 1. The molecule has 0 saturated heterocycles. The van der Waals surface area contributed by atoms with E-state index in [9.17, 15) is 13.2 Å². The summed E-state index contributed by atoms with van der Waals surface area (Å²) in [4.78, 5) is 0. The van der Waals surface area contributed by atoms with Crippen molar-refractivity contribution in [3.63, 3.8) is 0 Å². The Morgan fingerprint density at radius 2 is 2.17 bits per heavy atom. The van der Waals surface area contributed by atoms with Crippen LogP contribution >= 0.6 is 15.9 Å². The van der Waals surface area contributed by atoms with Crippen molar-refractivity contribution in [1.29, 1.82) is 0 Å². The van der Waals surface area contributed by atoms with Crippen molar-refractivity contribution >= 4 is 21.6 Å². The van der Waals surface area contributed by atoms with E-state index in [-0.39, 0.29) is 31.1 Å². The maximum Gasteiger partial charge on any atom is 0.248 e. The van der Waals surface area contributed by atoms with Crippen LogP contribution in [0.5, 0.6) is 5.75 Å². The standard InChI is InChI=1S/C12H13BrF3NO/c13-9-3-8(14)4-10(17)11(9)18-6-7-1-2-12(15,16)5-7/h3-4,7H,1-2,5-6,17H2. The number of rotatable bonds is 3. The number of halogens is 4. The van der Waals surface area contributed by atoms with Gasteiger partial charge in [-0.05, 0) is 34.3 Å². The Labute approximate surface area is 111 Å². The van der Waals surface area contributed by atoms with Gasteiger partial charge in [0.2, 0.25) is 5.92 Å². The van der Waals surface area contributed by atoms with Gasteiger partial charge in [0.05, 0.1) is 16.8 Å². The molecule has 0 amide bonds. The summed E-state index contributed by atoms with van der Waals surface area (Å²) in [6.07, 6.45) is 0.179. The molecule has 0 spiro atoms. The number of hydrogen-bond donors (Lipinski definition) is 1. The molecule has 1 atom stereocenters. The van der Waals surface area contributed by atoms with Gasteiger partial charge < -0.3 is 10.5 Å². The minimum Gasteiger partial charge on any atom is -0.490 e. The maximum atomic E-state index is 13.0.